The molecule has 0 bridgehead atoms. The Bertz CT molecular complexity index is 1030. The normalized spacial score (nSPS) is 18.4. The summed E-state index contributed by atoms with van der Waals surface area (Å²) in [6, 6.07) is 12.1. The number of carbonyl (C=O) groups is 2. The van der Waals surface area contributed by atoms with Crippen molar-refractivity contribution in [1.29, 1.82) is 0 Å². The van der Waals surface area contributed by atoms with Crippen LogP contribution in [0.2, 0.25) is 0 Å². The number of likely N-dealkylation sites (N-methyl/N-ethyl adjacent to an activating group) is 1. The second-order valence-electron chi connectivity index (χ2n) is 9.56. The molecule has 1 atom stereocenters. The third kappa shape index (κ3) is 5.17. The quantitative estimate of drug-likeness (QED) is 0.398. The van der Waals surface area contributed by atoms with Gasteiger partial charge in [0, 0.05) is 5.57 Å². The number of ketones is 1. The number of likely N-dealkylation sites (tertiary alicyclic amines) is 1. The van der Waals surface area contributed by atoms with Crippen LogP contribution in [-0.2, 0) is 15.0 Å². The molecule has 176 valence electrons. The average Bonchev–Trinajstić information content (AvgIpc) is 3.04. The van der Waals surface area contributed by atoms with Crippen LogP contribution in [0.1, 0.15) is 57.4 Å². The van der Waals surface area contributed by atoms with E-state index in [-0.39, 0.29) is 16.6 Å². The lowest BCUT2D eigenvalue weighted by molar-refractivity contribution is -0.895. The molecule has 1 unspecified atom stereocenters. The number of nitrogens with zero attached hydrogens (tertiary/aromatic N) is 1. The number of rotatable bonds is 7. The topological polar surface area (TPSA) is 64.9 Å². The SMILES string of the molecule is CC[NH+](CC)CCN1C(=O)C(=O)C(=C([O-])c2ccc(F)cc2)C1c1ccc(C(C)(C)C)cc1. The van der Waals surface area contributed by atoms with Crippen LogP contribution in [0.25, 0.3) is 5.76 Å². The molecule has 1 amide bonds. The zero-order chi connectivity index (χ0) is 24.3. The van der Waals surface area contributed by atoms with Gasteiger partial charge in [-0.1, -0.05) is 62.9 Å². The van der Waals surface area contributed by atoms with E-state index in [2.05, 4.69) is 34.6 Å². The van der Waals surface area contributed by atoms with E-state index in [9.17, 15) is 19.1 Å². The van der Waals surface area contributed by atoms with Gasteiger partial charge in [-0.25, -0.2) is 4.39 Å². The minimum Gasteiger partial charge on any atom is -0.872 e. The van der Waals surface area contributed by atoms with E-state index in [4.69, 9.17) is 0 Å². The maximum absolute atomic E-state index is 13.4. The first-order valence-electron chi connectivity index (χ1n) is 11.5. The first kappa shape index (κ1) is 24.6. The van der Waals surface area contributed by atoms with Crippen molar-refractivity contribution in [3.05, 3.63) is 76.6 Å². The summed E-state index contributed by atoms with van der Waals surface area (Å²) in [7, 11) is 0. The number of quaternary nitrogens is 1. The Morgan fingerprint density at radius 2 is 1.58 bits per heavy atom. The summed E-state index contributed by atoms with van der Waals surface area (Å²) in [4.78, 5) is 28.9. The van der Waals surface area contributed by atoms with Crippen molar-refractivity contribution in [2.24, 2.45) is 0 Å². The van der Waals surface area contributed by atoms with Gasteiger partial charge < -0.3 is 14.9 Å². The average molecular weight is 453 g/mol. The van der Waals surface area contributed by atoms with Crippen LogP contribution >= 0.6 is 0 Å². The summed E-state index contributed by atoms with van der Waals surface area (Å²) in [6.07, 6.45) is 0. The van der Waals surface area contributed by atoms with Crippen LogP contribution in [-0.4, -0.2) is 42.8 Å². The van der Waals surface area contributed by atoms with E-state index in [0.29, 0.717) is 13.1 Å². The second kappa shape index (κ2) is 9.87. The Kier molecular flexibility index (Phi) is 7.38. The van der Waals surface area contributed by atoms with Gasteiger partial charge in [-0.05, 0) is 48.1 Å². The highest BCUT2D eigenvalue weighted by Gasteiger charge is 2.44. The van der Waals surface area contributed by atoms with Gasteiger partial charge in [0.1, 0.15) is 5.82 Å². The molecule has 33 heavy (non-hydrogen) atoms. The van der Waals surface area contributed by atoms with Crippen molar-refractivity contribution in [3.8, 4) is 0 Å². The van der Waals surface area contributed by atoms with E-state index in [0.717, 1.165) is 24.2 Å². The van der Waals surface area contributed by atoms with Crippen molar-refractivity contribution in [3.63, 3.8) is 0 Å². The minimum absolute atomic E-state index is 0.0535. The van der Waals surface area contributed by atoms with Crippen LogP contribution in [0, 0.1) is 5.82 Å². The third-order valence-electron chi connectivity index (χ3n) is 6.43. The molecule has 1 aliphatic heterocycles. The summed E-state index contributed by atoms with van der Waals surface area (Å²) in [6.45, 7) is 13.3. The maximum atomic E-state index is 13.4. The first-order valence-corrected chi connectivity index (χ1v) is 11.5. The van der Waals surface area contributed by atoms with Crippen LogP contribution in [0.4, 0.5) is 4.39 Å². The predicted molar refractivity (Wildman–Crippen MR) is 125 cm³/mol. The Hall–Kier alpha value is -2.99. The Morgan fingerprint density at radius 3 is 2.09 bits per heavy atom. The predicted octanol–water partition coefficient (Wildman–Crippen LogP) is 2.27. The number of amides is 1. The number of Topliss-reactive ketones (excluding diaryl/α,β-unsaturated/α-hetero) is 1. The zero-order valence-electron chi connectivity index (χ0n) is 20.1. The van der Waals surface area contributed by atoms with Gasteiger partial charge in [0.25, 0.3) is 5.91 Å². The molecule has 1 saturated heterocycles. The van der Waals surface area contributed by atoms with Gasteiger partial charge in [-0.15, -0.1) is 0 Å². The third-order valence-corrected chi connectivity index (χ3v) is 6.43. The molecule has 0 spiro atoms. The summed E-state index contributed by atoms with van der Waals surface area (Å²) < 4.78 is 13.4. The molecule has 1 heterocycles. The lowest BCUT2D eigenvalue weighted by Crippen LogP contribution is -3.12. The molecule has 2 aromatic rings. The van der Waals surface area contributed by atoms with Gasteiger partial charge in [-0.2, -0.15) is 0 Å². The van der Waals surface area contributed by atoms with Crippen LogP contribution in [0.15, 0.2) is 54.1 Å². The lowest BCUT2D eigenvalue weighted by atomic mass is 9.85. The number of halogens is 1. The molecular weight excluding hydrogens is 419 g/mol. The molecule has 2 aromatic carbocycles. The van der Waals surface area contributed by atoms with Gasteiger partial charge >= 0.3 is 0 Å². The summed E-state index contributed by atoms with van der Waals surface area (Å²) in [5, 5.41) is 13.4. The molecule has 1 fully saturated rings. The number of hydrogen-bond acceptors (Lipinski definition) is 3. The summed E-state index contributed by atoms with van der Waals surface area (Å²) >= 11 is 0. The van der Waals surface area contributed by atoms with E-state index in [1.165, 1.54) is 34.1 Å². The molecule has 0 radical (unpaired) electrons. The van der Waals surface area contributed by atoms with Crippen LogP contribution in [0.5, 0.6) is 0 Å². The summed E-state index contributed by atoms with van der Waals surface area (Å²) in [5.41, 5.74) is 1.92. The van der Waals surface area contributed by atoms with Gasteiger partial charge in [-0.3, -0.25) is 9.59 Å². The van der Waals surface area contributed by atoms with Gasteiger partial charge in [0.05, 0.1) is 32.2 Å². The zero-order valence-corrected chi connectivity index (χ0v) is 20.1. The number of benzene rings is 2. The fraction of sp³-hybridized carbons (Fsp3) is 0.407. The molecule has 5 nitrogen and oxygen atoms in total. The van der Waals surface area contributed by atoms with E-state index in [1.807, 2.05) is 24.3 Å². The number of nitrogens with one attached hydrogen (secondary N) is 1. The van der Waals surface area contributed by atoms with Crippen LogP contribution < -0.4 is 10.0 Å². The molecule has 6 heteroatoms. The number of hydrogen-bond donors (Lipinski definition) is 1. The number of carbonyl (C=O) groups excluding carboxylic acids is 2. The van der Waals surface area contributed by atoms with Crippen molar-refractivity contribution in [2.45, 2.75) is 46.1 Å². The molecular formula is C27H33FN2O3. The van der Waals surface area contributed by atoms with Crippen molar-refractivity contribution in [1.82, 2.24) is 4.90 Å². The van der Waals surface area contributed by atoms with E-state index in [1.54, 1.807) is 0 Å². The Balaban J connectivity index is 2.10. The molecule has 0 saturated carbocycles. The standard InChI is InChI=1S/C27H33FN2O3/c1-6-29(7-2)16-17-30-23(18-8-12-20(13-9-18)27(3,4)5)22(25(32)26(30)33)24(31)19-10-14-21(28)15-11-19/h8-15,23,31H,6-7,16-17H2,1-5H3. The fourth-order valence-electron chi connectivity index (χ4n) is 4.25. The van der Waals surface area contributed by atoms with Gasteiger partial charge in [0.2, 0.25) is 5.78 Å². The molecule has 1 N–H and O–H groups in total. The highest BCUT2D eigenvalue weighted by molar-refractivity contribution is 6.46. The van der Waals surface area contributed by atoms with E-state index < -0.39 is 29.3 Å². The monoisotopic (exact) mass is 452 g/mol. The minimum atomic E-state index is -0.774. The largest absolute Gasteiger partial charge is 0.872 e. The second-order valence-corrected chi connectivity index (χ2v) is 9.56. The van der Waals surface area contributed by atoms with Gasteiger partial charge in [0.15, 0.2) is 0 Å². The molecule has 1 aliphatic rings. The fourth-order valence-corrected chi connectivity index (χ4v) is 4.25. The van der Waals surface area contributed by atoms with E-state index >= 15 is 0 Å². The van der Waals surface area contributed by atoms with Crippen molar-refractivity contribution >= 4 is 17.4 Å². The highest BCUT2D eigenvalue weighted by Crippen LogP contribution is 2.39. The smallest absolute Gasteiger partial charge is 0.295 e. The first-order chi connectivity index (χ1) is 15.6. The highest BCUT2D eigenvalue weighted by atomic mass is 19.1. The van der Waals surface area contributed by atoms with Crippen molar-refractivity contribution < 1.29 is 24.0 Å². The Labute approximate surface area is 195 Å². The molecule has 3 rings (SSSR count). The maximum Gasteiger partial charge on any atom is 0.295 e. The van der Waals surface area contributed by atoms with Crippen molar-refractivity contribution in [2.75, 3.05) is 26.2 Å². The van der Waals surface area contributed by atoms with Crippen LogP contribution in [0.3, 0.4) is 0 Å². The molecule has 0 aromatic heterocycles. The summed E-state index contributed by atoms with van der Waals surface area (Å²) in [5.74, 6) is -2.43. The lowest BCUT2D eigenvalue weighted by Gasteiger charge is -2.29. The molecule has 0 aliphatic carbocycles. The Morgan fingerprint density at radius 1 is 1.00 bits per heavy atom.